The summed E-state index contributed by atoms with van der Waals surface area (Å²) in [6.07, 6.45) is -3.17. The highest BCUT2D eigenvalue weighted by atomic mass is 19.4. The molecular weight excluding hydrogens is 517 g/mol. The Labute approximate surface area is 226 Å². The van der Waals surface area contributed by atoms with Crippen LogP contribution in [0.3, 0.4) is 0 Å². The number of esters is 2. The number of carbonyl (C=O) groups excluding carboxylic acids is 3. The summed E-state index contributed by atoms with van der Waals surface area (Å²) in [5, 5.41) is 13.5. The second-order valence-corrected chi connectivity index (χ2v) is 10.1. The fourth-order valence-electron chi connectivity index (χ4n) is 5.93. The summed E-state index contributed by atoms with van der Waals surface area (Å²) in [6, 6.07) is 8.78. The lowest BCUT2D eigenvalue weighted by Crippen LogP contribution is -2.63. The van der Waals surface area contributed by atoms with Crippen LogP contribution in [0.2, 0.25) is 0 Å². The molecule has 39 heavy (non-hydrogen) atoms. The fourth-order valence-corrected chi connectivity index (χ4v) is 5.93. The van der Waals surface area contributed by atoms with Crippen LogP contribution in [0, 0.1) is 17.3 Å². The highest BCUT2D eigenvalue weighted by molar-refractivity contribution is 5.92. The maximum Gasteiger partial charge on any atom is 0.471 e. The first-order chi connectivity index (χ1) is 18.5. The van der Waals surface area contributed by atoms with Gasteiger partial charge in [-0.2, -0.15) is 13.2 Å². The van der Waals surface area contributed by atoms with Crippen LogP contribution in [0.5, 0.6) is 0 Å². The Balaban J connectivity index is 2.17. The van der Waals surface area contributed by atoms with E-state index in [2.05, 4.69) is 5.32 Å². The van der Waals surface area contributed by atoms with Crippen molar-refractivity contribution in [2.75, 3.05) is 26.3 Å². The molecule has 3 rings (SSSR count). The number of piperidine rings is 1. The Kier molecular flexibility index (Phi) is 10.0. The number of rotatable bonds is 11. The summed E-state index contributed by atoms with van der Waals surface area (Å²) in [5.41, 5.74) is -0.262. The summed E-state index contributed by atoms with van der Waals surface area (Å²) in [7, 11) is 0. The number of halogens is 3. The van der Waals surface area contributed by atoms with E-state index in [1.54, 1.807) is 13.8 Å². The van der Waals surface area contributed by atoms with Crippen LogP contribution in [0.1, 0.15) is 52.0 Å². The number of likely N-dealkylation sites (tertiary alicyclic amines) is 1. The zero-order valence-corrected chi connectivity index (χ0v) is 22.6. The van der Waals surface area contributed by atoms with Crippen LogP contribution in [0.25, 0.3) is 0 Å². The van der Waals surface area contributed by atoms with Crippen LogP contribution < -0.4 is 5.32 Å². The highest BCUT2D eigenvalue weighted by Gasteiger charge is 2.58. The van der Waals surface area contributed by atoms with E-state index in [0.717, 1.165) is 12.0 Å². The second-order valence-electron chi connectivity index (χ2n) is 10.1. The third-order valence-corrected chi connectivity index (χ3v) is 7.66. The largest absolute Gasteiger partial charge is 0.511 e. The van der Waals surface area contributed by atoms with Gasteiger partial charge in [0, 0.05) is 37.0 Å². The molecule has 1 aliphatic carbocycles. The minimum atomic E-state index is -5.07. The van der Waals surface area contributed by atoms with Gasteiger partial charge in [0.25, 0.3) is 0 Å². The van der Waals surface area contributed by atoms with Crippen LogP contribution in [-0.4, -0.2) is 66.4 Å². The normalized spacial score (nSPS) is 25.2. The van der Waals surface area contributed by atoms with Gasteiger partial charge in [-0.15, -0.1) is 0 Å². The quantitative estimate of drug-likeness (QED) is 0.393. The zero-order chi connectivity index (χ0) is 28.8. The predicted octanol–water partition coefficient (Wildman–Crippen LogP) is 4.30. The second kappa shape index (κ2) is 12.8. The Hall–Kier alpha value is -3.08. The van der Waals surface area contributed by atoms with Crippen LogP contribution >= 0.6 is 0 Å². The molecule has 1 aromatic rings. The molecule has 4 atom stereocenters. The van der Waals surface area contributed by atoms with E-state index >= 15 is 0 Å². The van der Waals surface area contributed by atoms with E-state index in [9.17, 15) is 32.7 Å². The van der Waals surface area contributed by atoms with Crippen LogP contribution in [0.4, 0.5) is 13.2 Å². The molecule has 1 aliphatic heterocycles. The molecule has 2 bridgehead atoms. The van der Waals surface area contributed by atoms with Crippen molar-refractivity contribution in [3.8, 4) is 0 Å². The van der Waals surface area contributed by atoms with Gasteiger partial charge in [-0.1, -0.05) is 50.1 Å². The molecule has 8 nitrogen and oxygen atoms in total. The molecule has 1 amide bonds. The number of fused-ring (bicyclic) bond motifs is 2. The highest BCUT2D eigenvalue weighted by Crippen LogP contribution is 2.52. The van der Waals surface area contributed by atoms with Gasteiger partial charge in [0.1, 0.15) is 11.7 Å². The molecule has 0 radical (unpaired) electrons. The molecular formula is C28H37F3N2O6. The van der Waals surface area contributed by atoms with Crippen molar-refractivity contribution in [1.29, 1.82) is 0 Å². The molecule has 11 heteroatoms. The molecule has 1 fully saturated rings. The first-order valence-corrected chi connectivity index (χ1v) is 13.4. The van der Waals surface area contributed by atoms with Gasteiger partial charge in [-0.25, -0.2) is 4.79 Å². The van der Waals surface area contributed by atoms with Gasteiger partial charge >= 0.3 is 24.0 Å². The number of ether oxygens (including phenoxy) is 2. The van der Waals surface area contributed by atoms with Crippen molar-refractivity contribution >= 4 is 17.8 Å². The van der Waals surface area contributed by atoms with E-state index in [0.29, 0.717) is 19.4 Å². The number of alkyl halides is 3. The van der Waals surface area contributed by atoms with Crippen LogP contribution in [-0.2, 0) is 30.4 Å². The first-order valence-electron chi connectivity index (χ1n) is 13.4. The smallest absolute Gasteiger partial charge is 0.471 e. The first kappa shape index (κ1) is 30.5. The monoisotopic (exact) mass is 554 g/mol. The maximum absolute atomic E-state index is 13.2. The molecule has 0 saturated carbocycles. The van der Waals surface area contributed by atoms with Gasteiger partial charge in [-0.3, -0.25) is 14.5 Å². The van der Waals surface area contributed by atoms with E-state index in [-0.39, 0.29) is 38.3 Å². The molecule has 216 valence electrons. The number of hydrogen-bond acceptors (Lipinski definition) is 7. The molecule has 1 heterocycles. The van der Waals surface area contributed by atoms with E-state index in [1.165, 1.54) is 0 Å². The molecule has 1 saturated heterocycles. The van der Waals surface area contributed by atoms with Gasteiger partial charge < -0.3 is 19.9 Å². The standard InChI is InChI=1S/C28H37F3N2O6/c1-4-7-13-27(16-32-26(37)28(29,30)31)17-33(15-18-11-9-8-10-12-18)20-14-19(27)21(24(35)38-5-2)23(34)22(20)25(36)39-6-3/h8-12,19-20,22,34H,4-7,13-17H2,1-3H3,(H,32,37)/t19-,20+,22?,27-/m0/s1. The van der Waals surface area contributed by atoms with Crippen LogP contribution in [0.15, 0.2) is 41.7 Å². The van der Waals surface area contributed by atoms with E-state index in [1.807, 2.05) is 42.2 Å². The van der Waals surface area contributed by atoms with Gasteiger partial charge in [0.05, 0.1) is 18.8 Å². The van der Waals surface area contributed by atoms with Gasteiger partial charge in [0.15, 0.2) is 0 Å². The number of nitrogens with zero attached hydrogens (tertiary/aromatic N) is 1. The average Bonchev–Trinajstić information content (AvgIpc) is 2.88. The number of nitrogens with one attached hydrogen (secondary N) is 1. The van der Waals surface area contributed by atoms with E-state index < -0.39 is 53.1 Å². The third kappa shape index (κ3) is 6.74. The summed E-state index contributed by atoms with van der Waals surface area (Å²) in [4.78, 5) is 40.2. The molecule has 1 aromatic carbocycles. The number of carbonyl (C=O) groups is 3. The van der Waals surface area contributed by atoms with Crippen molar-refractivity contribution in [3.63, 3.8) is 0 Å². The molecule has 0 spiro atoms. The summed E-state index contributed by atoms with van der Waals surface area (Å²) >= 11 is 0. The molecule has 2 aliphatic rings. The Morgan fingerprint density at radius 1 is 1.10 bits per heavy atom. The molecule has 0 aromatic heterocycles. The lowest BCUT2D eigenvalue weighted by atomic mass is 9.58. The number of amides is 1. The third-order valence-electron chi connectivity index (χ3n) is 7.66. The average molecular weight is 555 g/mol. The number of benzene rings is 1. The van der Waals surface area contributed by atoms with Crippen molar-refractivity contribution in [2.24, 2.45) is 17.3 Å². The van der Waals surface area contributed by atoms with Gasteiger partial charge in [0.2, 0.25) is 0 Å². The van der Waals surface area contributed by atoms with Crippen molar-refractivity contribution in [1.82, 2.24) is 10.2 Å². The summed E-state index contributed by atoms with van der Waals surface area (Å²) in [5.74, 6) is -5.98. The van der Waals surface area contributed by atoms with Crippen molar-refractivity contribution in [2.45, 2.75) is 65.2 Å². The van der Waals surface area contributed by atoms with Gasteiger partial charge in [-0.05, 0) is 32.3 Å². The molecule has 1 unspecified atom stereocenters. The maximum atomic E-state index is 13.2. The van der Waals surface area contributed by atoms with Crippen molar-refractivity contribution in [3.05, 3.63) is 47.2 Å². The minimum Gasteiger partial charge on any atom is -0.511 e. The number of aliphatic hydroxyl groups excluding tert-OH is 1. The Morgan fingerprint density at radius 2 is 1.77 bits per heavy atom. The topological polar surface area (TPSA) is 105 Å². The fraction of sp³-hybridized carbons (Fsp3) is 0.607. The van der Waals surface area contributed by atoms with Crippen molar-refractivity contribution < 1.29 is 42.1 Å². The zero-order valence-electron chi connectivity index (χ0n) is 22.6. The lowest BCUT2D eigenvalue weighted by Gasteiger charge is -2.56. The number of aliphatic hydroxyl groups is 1. The minimum absolute atomic E-state index is 0.00272. The molecule has 2 N–H and O–H groups in total. The lowest BCUT2D eigenvalue weighted by molar-refractivity contribution is -0.175. The Morgan fingerprint density at radius 3 is 2.36 bits per heavy atom. The predicted molar refractivity (Wildman–Crippen MR) is 136 cm³/mol. The number of hydrogen-bond donors (Lipinski definition) is 2. The summed E-state index contributed by atoms with van der Waals surface area (Å²) < 4.78 is 50.0. The SMILES string of the molecule is CCCC[C@]1(CNC(=O)C(F)(F)F)CN(Cc2ccccc2)[C@@H]2C[C@H]1C(C(=O)OCC)=C(O)C2C(=O)OCC. The Bertz CT molecular complexity index is 1060. The van der Waals surface area contributed by atoms with E-state index in [4.69, 9.17) is 9.47 Å². The summed E-state index contributed by atoms with van der Waals surface area (Å²) in [6.45, 7) is 5.40. The number of unbranched alkanes of at least 4 members (excludes halogenated alkanes) is 1.